The van der Waals surface area contributed by atoms with Crippen molar-refractivity contribution in [3.8, 4) is 33.4 Å². The molecule has 0 bridgehead atoms. The Hall–Kier alpha value is -7.48. The minimum Gasteiger partial charge on any atom is -0.309 e. The van der Waals surface area contributed by atoms with Crippen molar-refractivity contribution in [2.75, 3.05) is 4.90 Å². The molecule has 0 amide bonds. The van der Waals surface area contributed by atoms with Crippen molar-refractivity contribution < 1.29 is 0 Å². The maximum absolute atomic E-state index is 2.51. The second kappa shape index (κ2) is 13.9. The lowest BCUT2D eigenvalue weighted by Gasteiger charge is -2.34. The first-order valence-electron chi connectivity index (χ1n) is 20.1. The number of anilines is 3. The molecule has 0 unspecified atom stereocenters. The van der Waals surface area contributed by atoms with Gasteiger partial charge in [-0.1, -0.05) is 206 Å². The molecule has 1 aliphatic carbocycles. The van der Waals surface area contributed by atoms with Crippen LogP contribution in [0.5, 0.6) is 0 Å². The van der Waals surface area contributed by atoms with Crippen LogP contribution in [-0.4, -0.2) is 0 Å². The predicted molar refractivity (Wildman–Crippen MR) is 244 cm³/mol. The van der Waals surface area contributed by atoms with Gasteiger partial charge in [0.2, 0.25) is 0 Å². The summed E-state index contributed by atoms with van der Waals surface area (Å²) in [5.41, 5.74) is 15.3. The van der Waals surface area contributed by atoms with Crippen LogP contribution in [0, 0.1) is 0 Å². The number of hydrogen-bond donors (Lipinski definition) is 0. The van der Waals surface area contributed by atoms with Crippen molar-refractivity contribution in [2.24, 2.45) is 0 Å². The Labute approximate surface area is 339 Å². The standard InChI is InChI=1S/C57H39N/c1-4-18-40(19-5-1)42-21-16-22-43(38-42)41-34-36-47(37-35-41)58(55-39-44-20-10-11-27-48(44)49-28-12-13-29-50(49)55)54-33-17-32-53-56(54)51-30-14-15-31-52(51)57(53,45-23-6-2-7-24-45)46-25-8-3-9-26-46/h1-39H. The Kier molecular flexibility index (Phi) is 8.12. The Morgan fingerprint density at radius 1 is 0.310 bits per heavy atom. The van der Waals surface area contributed by atoms with Crippen molar-refractivity contribution in [3.05, 3.63) is 259 Å². The van der Waals surface area contributed by atoms with Gasteiger partial charge < -0.3 is 4.90 Å². The molecule has 10 aromatic carbocycles. The second-order valence-electron chi connectivity index (χ2n) is 15.2. The van der Waals surface area contributed by atoms with Crippen LogP contribution < -0.4 is 4.90 Å². The van der Waals surface area contributed by atoms with E-state index in [1.807, 2.05) is 0 Å². The zero-order chi connectivity index (χ0) is 38.5. The van der Waals surface area contributed by atoms with Gasteiger partial charge in [0.15, 0.2) is 0 Å². The lowest BCUT2D eigenvalue weighted by Crippen LogP contribution is -2.28. The molecule has 1 aliphatic rings. The number of hydrogen-bond acceptors (Lipinski definition) is 1. The van der Waals surface area contributed by atoms with Crippen molar-refractivity contribution in [2.45, 2.75) is 5.41 Å². The van der Waals surface area contributed by atoms with E-state index in [-0.39, 0.29) is 0 Å². The lowest BCUT2D eigenvalue weighted by molar-refractivity contribution is 0.768. The molecule has 0 aliphatic heterocycles. The van der Waals surface area contributed by atoms with Crippen molar-refractivity contribution in [3.63, 3.8) is 0 Å². The lowest BCUT2D eigenvalue weighted by atomic mass is 9.68. The molecule has 0 spiro atoms. The van der Waals surface area contributed by atoms with Crippen LogP contribution in [0.4, 0.5) is 17.1 Å². The number of nitrogens with zero attached hydrogens (tertiary/aromatic N) is 1. The molecule has 11 rings (SSSR count). The molecule has 10 aromatic rings. The van der Waals surface area contributed by atoms with Gasteiger partial charge in [0.1, 0.15) is 0 Å². The van der Waals surface area contributed by atoms with E-state index < -0.39 is 5.41 Å². The van der Waals surface area contributed by atoms with Gasteiger partial charge in [0, 0.05) is 16.6 Å². The highest BCUT2D eigenvalue weighted by molar-refractivity contribution is 6.15. The minimum atomic E-state index is -0.505. The highest BCUT2D eigenvalue weighted by Gasteiger charge is 2.47. The van der Waals surface area contributed by atoms with Crippen LogP contribution in [0.15, 0.2) is 237 Å². The van der Waals surface area contributed by atoms with Gasteiger partial charge in [0.25, 0.3) is 0 Å². The third-order valence-corrected chi connectivity index (χ3v) is 12.1. The first kappa shape index (κ1) is 33.8. The smallest absolute Gasteiger partial charge is 0.0714 e. The highest BCUT2D eigenvalue weighted by atomic mass is 15.1. The Morgan fingerprint density at radius 2 is 0.828 bits per heavy atom. The molecule has 0 radical (unpaired) electrons. The summed E-state index contributed by atoms with van der Waals surface area (Å²) in [7, 11) is 0. The van der Waals surface area contributed by atoms with Crippen molar-refractivity contribution >= 4 is 38.6 Å². The molecular weight excluding hydrogens is 699 g/mol. The molecule has 1 heteroatoms. The van der Waals surface area contributed by atoms with Gasteiger partial charge in [-0.3, -0.25) is 0 Å². The maximum Gasteiger partial charge on any atom is 0.0714 e. The first-order valence-corrected chi connectivity index (χ1v) is 20.1. The van der Waals surface area contributed by atoms with Crippen LogP contribution >= 0.6 is 0 Å². The zero-order valence-corrected chi connectivity index (χ0v) is 32.0. The van der Waals surface area contributed by atoms with Gasteiger partial charge >= 0.3 is 0 Å². The molecule has 0 aromatic heterocycles. The van der Waals surface area contributed by atoms with Gasteiger partial charge in [-0.15, -0.1) is 0 Å². The average Bonchev–Trinajstić information content (AvgIpc) is 3.62. The monoisotopic (exact) mass is 737 g/mol. The number of fused-ring (bicyclic) bond motifs is 6. The first-order chi connectivity index (χ1) is 28.8. The van der Waals surface area contributed by atoms with Crippen LogP contribution in [0.2, 0.25) is 0 Å². The third kappa shape index (κ3) is 5.32. The summed E-state index contributed by atoms with van der Waals surface area (Å²) < 4.78 is 0. The van der Waals surface area contributed by atoms with Crippen LogP contribution in [0.25, 0.3) is 54.9 Å². The summed E-state index contributed by atoms with van der Waals surface area (Å²) in [4.78, 5) is 2.51. The predicted octanol–water partition coefficient (Wildman–Crippen LogP) is 15.2. The van der Waals surface area contributed by atoms with Gasteiger partial charge in [0.05, 0.1) is 16.8 Å². The van der Waals surface area contributed by atoms with Crippen molar-refractivity contribution in [1.29, 1.82) is 0 Å². The molecular formula is C57H39N. The normalized spacial score (nSPS) is 12.6. The SMILES string of the molecule is c1ccc(-c2cccc(-c3ccc(N(c4cccc5c4-c4ccccc4C5(c4ccccc4)c4ccccc4)c4cc5ccccc5c5ccccc45)cc3)c2)cc1. The fraction of sp³-hybridized carbons (Fsp3) is 0.0175. The van der Waals surface area contributed by atoms with E-state index >= 15 is 0 Å². The molecule has 0 saturated carbocycles. The van der Waals surface area contributed by atoms with E-state index in [0.717, 1.165) is 17.1 Å². The zero-order valence-electron chi connectivity index (χ0n) is 32.0. The van der Waals surface area contributed by atoms with Crippen LogP contribution in [-0.2, 0) is 5.41 Å². The summed E-state index contributed by atoms with van der Waals surface area (Å²) in [5.74, 6) is 0. The topological polar surface area (TPSA) is 3.24 Å². The maximum atomic E-state index is 2.51. The molecule has 0 atom stereocenters. The molecule has 0 N–H and O–H groups in total. The average molecular weight is 738 g/mol. The summed E-state index contributed by atoms with van der Waals surface area (Å²) in [5, 5.41) is 4.92. The Balaban J connectivity index is 1.18. The summed E-state index contributed by atoms with van der Waals surface area (Å²) in [6.45, 7) is 0. The van der Waals surface area contributed by atoms with Crippen molar-refractivity contribution in [1.82, 2.24) is 0 Å². The number of rotatable bonds is 7. The third-order valence-electron chi connectivity index (χ3n) is 12.1. The molecule has 272 valence electrons. The molecule has 58 heavy (non-hydrogen) atoms. The van der Waals surface area contributed by atoms with E-state index in [0.29, 0.717) is 0 Å². The van der Waals surface area contributed by atoms with Crippen LogP contribution in [0.3, 0.4) is 0 Å². The second-order valence-corrected chi connectivity index (χ2v) is 15.2. The molecule has 1 nitrogen and oxygen atoms in total. The van der Waals surface area contributed by atoms with Crippen LogP contribution in [0.1, 0.15) is 22.3 Å². The summed E-state index contributed by atoms with van der Waals surface area (Å²) in [6.07, 6.45) is 0. The van der Waals surface area contributed by atoms with E-state index in [4.69, 9.17) is 0 Å². The Morgan fingerprint density at radius 3 is 1.53 bits per heavy atom. The van der Waals surface area contributed by atoms with E-state index in [2.05, 4.69) is 241 Å². The highest BCUT2D eigenvalue weighted by Crippen LogP contribution is 2.59. The fourth-order valence-corrected chi connectivity index (χ4v) is 9.60. The van der Waals surface area contributed by atoms with Gasteiger partial charge in [-0.2, -0.15) is 0 Å². The van der Waals surface area contributed by atoms with Gasteiger partial charge in [-0.25, -0.2) is 0 Å². The fourth-order valence-electron chi connectivity index (χ4n) is 9.60. The largest absolute Gasteiger partial charge is 0.309 e. The molecule has 0 heterocycles. The Bertz CT molecular complexity index is 3050. The van der Waals surface area contributed by atoms with Gasteiger partial charge in [-0.05, 0) is 96.6 Å². The minimum absolute atomic E-state index is 0.505. The summed E-state index contributed by atoms with van der Waals surface area (Å²) in [6, 6.07) is 86.8. The molecule has 0 saturated heterocycles. The van der Waals surface area contributed by atoms with E-state index in [9.17, 15) is 0 Å². The summed E-state index contributed by atoms with van der Waals surface area (Å²) >= 11 is 0. The number of benzene rings is 10. The molecule has 0 fully saturated rings. The quantitative estimate of drug-likeness (QED) is 0.147. The van der Waals surface area contributed by atoms with E-state index in [1.165, 1.54) is 77.2 Å². The van der Waals surface area contributed by atoms with E-state index in [1.54, 1.807) is 0 Å².